The van der Waals surface area contributed by atoms with Crippen LogP contribution in [-0.2, 0) is 7.05 Å². The fraction of sp³-hybridized carbons (Fsp3) is 0.615. The fourth-order valence-corrected chi connectivity index (χ4v) is 2.22. The van der Waals surface area contributed by atoms with Gasteiger partial charge in [0.15, 0.2) is 11.2 Å². The van der Waals surface area contributed by atoms with Gasteiger partial charge < -0.3 is 15.0 Å². The van der Waals surface area contributed by atoms with Gasteiger partial charge in [0.25, 0.3) is 5.56 Å². The van der Waals surface area contributed by atoms with E-state index in [1.165, 1.54) is 4.57 Å². The molecule has 2 heterocycles. The van der Waals surface area contributed by atoms with Crippen molar-refractivity contribution >= 4 is 17.1 Å². The Balaban J connectivity index is 2.67. The number of aryl methyl sites for hydroxylation is 1. The minimum Gasteiger partial charge on any atom is -0.396 e. The minimum absolute atomic E-state index is 0.0604. The van der Waals surface area contributed by atoms with Crippen molar-refractivity contribution in [3.63, 3.8) is 0 Å². The van der Waals surface area contributed by atoms with E-state index in [0.717, 1.165) is 6.42 Å². The Labute approximate surface area is 121 Å². The van der Waals surface area contributed by atoms with Gasteiger partial charge in [-0.15, -0.1) is 0 Å². The molecule has 0 aliphatic carbocycles. The summed E-state index contributed by atoms with van der Waals surface area (Å²) in [6.45, 7) is 4.63. The van der Waals surface area contributed by atoms with Gasteiger partial charge in [0.1, 0.15) is 0 Å². The average molecular weight is 295 g/mol. The van der Waals surface area contributed by atoms with Crippen molar-refractivity contribution in [3.05, 3.63) is 20.8 Å². The van der Waals surface area contributed by atoms with E-state index in [2.05, 4.69) is 15.3 Å². The van der Waals surface area contributed by atoms with Crippen molar-refractivity contribution in [3.8, 4) is 0 Å². The Bertz CT molecular complexity index is 743. The molecule has 0 saturated carbocycles. The summed E-state index contributed by atoms with van der Waals surface area (Å²) in [6, 6.07) is 0.0604. The number of aromatic nitrogens is 4. The summed E-state index contributed by atoms with van der Waals surface area (Å²) in [7, 11) is 1.58. The van der Waals surface area contributed by atoms with Crippen LogP contribution in [0.1, 0.15) is 32.7 Å². The third kappa shape index (κ3) is 2.71. The first-order chi connectivity index (χ1) is 10.0. The van der Waals surface area contributed by atoms with Crippen molar-refractivity contribution in [1.29, 1.82) is 0 Å². The number of nitrogens with one attached hydrogen (secondary N) is 2. The Morgan fingerprint density at radius 3 is 2.76 bits per heavy atom. The second-order valence-corrected chi connectivity index (χ2v) is 5.06. The minimum atomic E-state index is -0.483. The number of imidazole rings is 1. The largest absolute Gasteiger partial charge is 0.396 e. The maximum absolute atomic E-state index is 12.1. The predicted molar refractivity (Wildman–Crippen MR) is 80.8 cm³/mol. The topological polar surface area (TPSA) is 105 Å². The lowest BCUT2D eigenvalue weighted by Gasteiger charge is -2.15. The zero-order valence-electron chi connectivity index (χ0n) is 12.5. The first kappa shape index (κ1) is 15.3. The molecule has 1 unspecified atom stereocenters. The molecule has 2 aromatic rings. The average Bonchev–Trinajstić information content (AvgIpc) is 2.84. The van der Waals surface area contributed by atoms with Crippen LogP contribution >= 0.6 is 0 Å². The van der Waals surface area contributed by atoms with Gasteiger partial charge in [0.05, 0.1) is 0 Å². The normalized spacial score (nSPS) is 12.8. The molecule has 0 spiro atoms. The van der Waals surface area contributed by atoms with Gasteiger partial charge in [0, 0.05) is 26.2 Å². The maximum atomic E-state index is 12.1. The summed E-state index contributed by atoms with van der Waals surface area (Å²) in [4.78, 5) is 30.5. The predicted octanol–water partition coefficient (Wildman–Crippen LogP) is 0.189. The van der Waals surface area contributed by atoms with Crippen LogP contribution in [0.25, 0.3) is 11.2 Å². The second kappa shape index (κ2) is 6.13. The molecule has 2 rings (SSSR count). The number of rotatable bonds is 6. The van der Waals surface area contributed by atoms with Crippen molar-refractivity contribution in [2.45, 2.75) is 32.7 Å². The molecule has 3 N–H and O–H groups in total. The monoisotopic (exact) mass is 295 g/mol. The zero-order valence-corrected chi connectivity index (χ0v) is 12.5. The molecule has 8 nitrogen and oxygen atoms in total. The first-order valence-corrected chi connectivity index (χ1v) is 7.07. The molecule has 0 aliphatic heterocycles. The number of fused-ring (bicyclic) bond motifs is 1. The highest BCUT2D eigenvalue weighted by molar-refractivity contribution is 5.74. The standard InChI is InChI=1S/C13H21N5O3/c1-4-8(2)18-9-10(15-12(18)14-6-5-7-19)17(3)13(21)16-11(9)20/h8,19H,4-7H2,1-3H3,(H,14,15)(H,16,20,21). The number of aromatic amines is 1. The summed E-state index contributed by atoms with van der Waals surface area (Å²) < 4.78 is 3.14. The van der Waals surface area contributed by atoms with Gasteiger partial charge in [-0.1, -0.05) is 6.92 Å². The quantitative estimate of drug-likeness (QED) is 0.660. The Morgan fingerprint density at radius 2 is 2.14 bits per heavy atom. The molecule has 0 aromatic carbocycles. The highest BCUT2D eigenvalue weighted by Gasteiger charge is 2.19. The number of anilines is 1. The van der Waals surface area contributed by atoms with Crippen molar-refractivity contribution in [1.82, 2.24) is 19.1 Å². The molecule has 0 radical (unpaired) electrons. The molecule has 2 aromatic heterocycles. The van der Waals surface area contributed by atoms with E-state index >= 15 is 0 Å². The summed E-state index contributed by atoms with van der Waals surface area (Å²) in [5, 5.41) is 12.0. The molecule has 1 atom stereocenters. The van der Waals surface area contributed by atoms with Crippen LogP contribution in [0.4, 0.5) is 5.95 Å². The lowest BCUT2D eigenvalue weighted by Crippen LogP contribution is -2.29. The molecule has 0 fully saturated rings. The Kier molecular flexibility index (Phi) is 4.46. The van der Waals surface area contributed by atoms with Crippen LogP contribution in [0.3, 0.4) is 0 Å². The lowest BCUT2D eigenvalue weighted by atomic mass is 10.2. The van der Waals surface area contributed by atoms with E-state index in [-0.39, 0.29) is 12.6 Å². The highest BCUT2D eigenvalue weighted by Crippen LogP contribution is 2.22. The van der Waals surface area contributed by atoms with E-state index in [4.69, 9.17) is 5.11 Å². The van der Waals surface area contributed by atoms with Crippen LogP contribution in [0, 0.1) is 0 Å². The van der Waals surface area contributed by atoms with Gasteiger partial charge in [-0.3, -0.25) is 14.3 Å². The molecular formula is C13H21N5O3. The van der Waals surface area contributed by atoms with Crippen LogP contribution in [0.15, 0.2) is 9.59 Å². The zero-order chi connectivity index (χ0) is 15.6. The summed E-state index contributed by atoms with van der Waals surface area (Å²) in [5.74, 6) is 0.541. The van der Waals surface area contributed by atoms with Crippen LogP contribution < -0.4 is 16.6 Å². The third-order valence-electron chi connectivity index (χ3n) is 3.60. The Morgan fingerprint density at radius 1 is 1.43 bits per heavy atom. The first-order valence-electron chi connectivity index (χ1n) is 7.07. The summed E-state index contributed by atoms with van der Waals surface area (Å²) >= 11 is 0. The highest BCUT2D eigenvalue weighted by atomic mass is 16.3. The van der Waals surface area contributed by atoms with E-state index in [0.29, 0.717) is 30.1 Å². The lowest BCUT2D eigenvalue weighted by molar-refractivity contribution is 0.292. The molecule has 8 heteroatoms. The SMILES string of the molecule is CCC(C)n1c(NCCCO)nc2c1c(=O)[nH]c(=O)n2C. The molecule has 21 heavy (non-hydrogen) atoms. The molecule has 0 bridgehead atoms. The molecule has 116 valence electrons. The fourth-order valence-electron chi connectivity index (χ4n) is 2.22. The Hall–Kier alpha value is -2.09. The maximum Gasteiger partial charge on any atom is 0.329 e. The van der Waals surface area contributed by atoms with E-state index < -0.39 is 11.2 Å². The second-order valence-electron chi connectivity index (χ2n) is 5.06. The number of H-pyrrole nitrogens is 1. The van der Waals surface area contributed by atoms with Crippen molar-refractivity contribution < 1.29 is 5.11 Å². The number of nitrogens with zero attached hydrogens (tertiary/aromatic N) is 3. The van der Waals surface area contributed by atoms with E-state index in [9.17, 15) is 9.59 Å². The third-order valence-corrected chi connectivity index (χ3v) is 3.60. The van der Waals surface area contributed by atoms with Crippen molar-refractivity contribution in [2.24, 2.45) is 7.05 Å². The molecule has 0 saturated heterocycles. The van der Waals surface area contributed by atoms with Crippen LogP contribution in [-0.4, -0.2) is 37.4 Å². The van der Waals surface area contributed by atoms with Gasteiger partial charge in [-0.05, 0) is 19.8 Å². The van der Waals surface area contributed by atoms with Gasteiger partial charge >= 0.3 is 5.69 Å². The smallest absolute Gasteiger partial charge is 0.329 e. The number of aliphatic hydroxyl groups is 1. The summed E-state index contributed by atoms with van der Waals surface area (Å²) in [5.41, 5.74) is -0.173. The molecular weight excluding hydrogens is 274 g/mol. The van der Waals surface area contributed by atoms with Crippen molar-refractivity contribution in [2.75, 3.05) is 18.5 Å². The van der Waals surface area contributed by atoms with E-state index in [1.807, 2.05) is 18.4 Å². The van der Waals surface area contributed by atoms with Gasteiger partial charge in [0.2, 0.25) is 5.95 Å². The van der Waals surface area contributed by atoms with Gasteiger partial charge in [-0.25, -0.2) is 4.79 Å². The van der Waals surface area contributed by atoms with Gasteiger partial charge in [-0.2, -0.15) is 4.98 Å². The summed E-state index contributed by atoms with van der Waals surface area (Å²) in [6.07, 6.45) is 1.40. The van der Waals surface area contributed by atoms with Crippen LogP contribution in [0.5, 0.6) is 0 Å². The van der Waals surface area contributed by atoms with Crippen LogP contribution in [0.2, 0.25) is 0 Å². The molecule has 0 aliphatic rings. The number of hydrogen-bond donors (Lipinski definition) is 3. The molecule has 0 amide bonds. The van der Waals surface area contributed by atoms with E-state index in [1.54, 1.807) is 7.05 Å². The number of aliphatic hydroxyl groups excluding tert-OH is 1. The number of hydrogen-bond acceptors (Lipinski definition) is 5.